The summed E-state index contributed by atoms with van der Waals surface area (Å²) in [5.41, 5.74) is 8.73. The molecule has 0 unspecified atom stereocenters. The molecule has 5 heteroatoms. The summed E-state index contributed by atoms with van der Waals surface area (Å²) in [7, 11) is 0. The summed E-state index contributed by atoms with van der Waals surface area (Å²) in [4.78, 5) is 10.6. The van der Waals surface area contributed by atoms with Crippen LogP contribution in [0.5, 0.6) is 0 Å². The normalized spacial score (nSPS) is 12.2. The van der Waals surface area contributed by atoms with Gasteiger partial charge >= 0.3 is 0 Å². The van der Waals surface area contributed by atoms with Crippen molar-refractivity contribution in [3.63, 3.8) is 0 Å². The molecule has 0 bridgehead atoms. The Morgan fingerprint density at radius 3 is 1.68 bits per heavy atom. The number of fused-ring (bicyclic) bond motifs is 13. The summed E-state index contributed by atoms with van der Waals surface area (Å²) < 4.78 is 7.29. The Hall–Kier alpha value is -6.82. The summed E-state index contributed by atoms with van der Waals surface area (Å²) in [6.07, 6.45) is 0. The highest BCUT2D eigenvalue weighted by atomic mass is 32.1. The van der Waals surface area contributed by atoms with Crippen LogP contribution in [0.2, 0.25) is 0 Å². The molecule has 0 atom stereocenters. The number of hydrogen-bond donors (Lipinski definition) is 0. The number of nitrogens with zero attached hydrogens (tertiary/aromatic N) is 4. The third-order valence-electron chi connectivity index (χ3n) is 10.9. The molecule has 0 fully saturated rings. The lowest BCUT2D eigenvalue weighted by atomic mass is 10.0. The van der Waals surface area contributed by atoms with E-state index >= 15 is 0 Å². The van der Waals surface area contributed by atoms with E-state index in [0.29, 0.717) is 5.95 Å². The molecule has 246 valence electrons. The quantitative estimate of drug-likeness (QED) is 0.185. The van der Waals surface area contributed by atoms with Crippen LogP contribution in [0.3, 0.4) is 0 Å². The van der Waals surface area contributed by atoms with Crippen molar-refractivity contribution in [1.82, 2.24) is 19.1 Å². The van der Waals surface area contributed by atoms with Crippen molar-refractivity contribution in [2.45, 2.75) is 0 Å². The van der Waals surface area contributed by atoms with Crippen LogP contribution in [-0.2, 0) is 0 Å². The molecular formula is C48H28N4S. The summed E-state index contributed by atoms with van der Waals surface area (Å²) in [5, 5.41) is 11.1. The van der Waals surface area contributed by atoms with E-state index in [1.165, 1.54) is 69.2 Å². The zero-order valence-electron chi connectivity index (χ0n) is 28.4. The minimum Gasteiger partial charge on any atom is -0.309 e. The number of aromatic nitrogens is 4. The van der Waals surface area contributed by atoms with Gasteiger partial charge in [-0.05, 0) is 53.9 Å². The molecule has 0 aliphatic carbocycles. The molecule has 0 amide bonds. The Morgan fingerprint density at radius 1 is 0.377 bits per heavy atom. The van der Waals surface area contributed by atoms with Gasteiger partial charge in [0.1, 0.15) is 0 Å². The van der Waals surface area contributed by atoms with E-state index in [1.807, 2.05) is 17.4 Å². The van der Waals surface area contributed by atoms with Gasteiger partial charge in [-0.1, -0.05) is 121 Å². The first-order chi connectivity index (χ1) is 26.3. The van der Waals surface area contributed by atoms with Crippen molar-refractivity contribution in [2.24, 2.45) is 0 Å². The highest BCUT2D eigenvalue weighted by Crippen LogP contribution is 2.48. The van der Waals surface area contributed by atoms with Crippen LogP contribution >= 0.6 is 11.3 Å². The maximum atomic E-state index is 5.35. The fourth-order valence-corrected chi connectivity index (χ4v) is 9.85. The van der Waals surface area contributed by atoms with Gasteiger partial charge in [-0.15, -0.1) is 11.3 Å². The van der Waals surface area contributed by atoms with Crippen LogP contribution in [0, 0.1) is 0 Å². The summed E-state index contributed by atoms with van der Waals surface area (Å²) in [5.74, 6) is 0.672. The van der Waals surface area contributed by atoms with Crippen molar-refractivity contribution in [1.29, 1.82) is 0 Å². The molecule has 0 spiro atoms. The standard InChI is InChI=1S/C48H28N4S/c1-2-14-30(15-3-1)47-32-18-6-9-21-35(32)49-48(50-47)52-38-23-11-8-20-34(38)44-40(52)26-28-42-46(44)45-41(53-42)27-25-39-43(45)33-19-7-10-22-37(33)51(39)36-24-12-16-29-13-4-5-17-31(29)36/h1-28H. The van der Waals surface area contributed by atoms with E-state index in [1.54, 1.807) is 0 Å². The highest BCUT2D eigenvalue weighted by Gasteiger charge is 2.23. The van der Waals surface area contributed by atoms with E-state index in [2.05, 4.69) is 173 Å². The number of thiophene rings is 1. The smallest absolute Gasteiger partial charge is 0.235 e. The summed E-state index contributed by atoms with van der Waals surface area (Å²) >= 11 is 1.87. The van der Waals surface area contributed by atoms with E-state index in [4.69, 9.17) is 9.97 Å². The maximum absolute atomic E-state index is 5.35. The average molecular weight is 693 g/mol. The predicted octanol–water partition coefficient (Wildman–Crippen LogP) is 13.0. The molecule has 0 saturated heterocycles. The molecule has 4 nitrogen and oxygen atoms in total. The van der Waals surface area contributed by atoms with Gasteiger partial charge in [-0.3, -0.25) is 4.57 Å². The fourth-order valence-electron chi connectivity index (χ4n) is 8.73. The molecule has 4 aromatic heterocycles. The number of para-hydroxylation sites is 3. The third-order valence-corrected chi connectivity index (χ3v) is 12.0. The SMILES string of the molecule is c1ccc(-c2nc(-n3c4ccccc4c4c5c(ccc43)sc3ccc4c(c6ccccc6n4-c4cccc6ccccc46)c35)nc3ccccc23)cc1. The second-order valence-corrected chi connectivity index (χ2v) is 14.8. The van der Waals surface area contributed by atoms with Crippen LogP contribution in [0.1, 0.15) is 0 Å². The summed E-state index contributed by atoms with van der Waals surface area (Å²) in [6, 6.07) is 60.9. The fraction of sp³-hybridized carbons (Fsp3) is 0. The van der Waals surface area contributed by atoms with Crippen LogP contribution in [-0.4, -0.2) is 19.1 Å². The minimum atomic E-state index is 0.672. The highest BCUT2D eigenvalue weighted by molar-refractivity contribution is 7.26. The number of rotatable bonds is 3. The van der Waals surface area contributed by atoms with Crippen LogP contribution in [0.15, 0.2) is 170 Å². The molecule has 0 N–H and O–H groups in total. The van der Waals surface area contributed by atoms with Crippen LogP contribution < -0.4 is 0 Å². The minimum absolute atomic E-state index is 0.672. The van der Waals surface area contributed by atoms with Crippen LogP contribution in [0.4, 0.5) is 0 Å². The first kappa shape index (κ1) is 28.8. The van der Waals surface area contributed by atoms with Crippen molar-refractivity contribution in [3.8, 4) is 22.9 Å². The molecular weight excluding hydrogens is 665 g/mol. The van der Waals surface area contributed by atoms with E-state index in [9.17, 15) is 0 Å². The Kier molecular flexibility index (Phi) is 5.90. The van der Waals surface area contributed by atoms with Gasteiger partial charge in [0.15, 0.2) is 0 Å². The maximum Gasteiger partial charge on any atom is 0.235 e. The van der Waals surface area contributed by atoms with Gasteiger partial charge in [-0.2, -0.15) is 0 Å². The van der Waals surface area contributed by atoms with Gasteiger partial charge in [0.05, 0.1) is 39.0 Å². The Bertz CT molecular complexity index is 3450. The lowest BCUT2D eigenvalue weighted by molar-refractivity contribution is 1.01. The second-order valence-electron chi connectivity index (χ2n) is 13.7. The molecule has 12 rings (SSSR count). The molecule has 53 heavy (non-hydrogen) atoms. The van der Waals surface area contributed by atoms with Crippen molar-refractivity contribution >= 4 is 96.8 Å². The predicted molar refractivity (Wildman–Crippen MR) is 224 cm³/mol. The molecule has 12 aromatic rings. The zero-order chi connectivity index (χ0) is 34.6. The zero-order valence-corrected chi connectivity index (χ0v) is 29.2. The molecule has 0 radical (unpaired) electrons. The van der Waals surface area contributed by atoms with E-state index in [0.717, 1.165) is 33.2 Å². The van der Waals surface area contributed by atoms with Crippen molar-refractivity contribution in [2.75, 3.05) is 0 Å². The second kappa shape index (κ2) is 10.8. The molecule has 0 aliphatic rings. The average Bonchev–Trinajstić information content (AvgIpc) is 3.88. The Labute approximate surface area is 307 Å². The monoisotopic (exact) mass is 692 g/mol. The van der Waals surface area contributed by atoms with E-state index < -0.39 is 0 Å². The molecule has 0 aliphatic heterocycles. The van der Waals surface area contributed by atoms with Gasteiger partial charge in [0.2, 0.25) is 5.95 Å². The largest absolute Gasteiger partial charge is 0.309 e. The molecule has 4 heterocycles. The van der Waals surface area contributed by atoms with Crippen LogP contribution in [0.25, 0.3) is 108 Å². The van der Waals surface area contributed by atoms with E-state index in [-0.39, 0.29) is 0 Å². The topological polar surface area (TPSA) is 35.6 Å². The Balaban J connectivity index is 1.23. The first-order valence-electron chi connectivity index (χ1n) is 17.9. The van der Waals surface area contributed by atoms with Crippen molar-refractivity contribution in [3.05, 3.63) is 170 Å². The lowest BCUT2D eigenvalue weighted by Gasteiger charge is -2.11. The van der Waals surface area contributed by atoms with Gasteiger partial charge in [0.25, 0.3) is 0 Å². The number of benzene rings is 8. The van der Waals surface area contributed by atoms with Crippen molar-refractivity contribution < 1.29 is 0 Å². The van der Waals surface area contributed by atoms with Gasteiger partial charge < -0.3 is 4.57 Å². The molecule has 8 aromatic carbocycles. The Morgan fingerprint density at radius 2 is 0.943 bits per heavy atom. The summed E-state index contributed by atoms with van der Waals surface area (Å²) in [6.45, 7) is 0. The van der Waals surface area contributed by atoms with Gasteiger partial charge in [-0.25, -0.2) is 9.97 Å². The lowest BCUT2D eigenvalue weighted by Crippen LogP contribution is -2.03. The molecule has 0 saturated carbocycles. The number of hydrogen-bond acceptors (Lipinski definition) is 3. The third kappa shape index (κ3) is 4.00. The first-order valence-corrected chi connectivity index (χ1v) is 18.7. The van der Waals surface area contributed by atoms with Gasteiger partial charge in [0, 0.05) is 58.1 Å².